The number of thiophene rings is 1. The lowest BCUT2D eigenvalue weighted by Crippen LogP contribution is -2.19. The number of benzene rings is 2. The third kappa shape index (κ3) is 4.26. The quantitative estimate of drug-likeness (QED) is 0.382. The van der Waals surface area contributed by atoms with Gasteiger partial charge in [0, 0.05) is 10.8 Å². The molecule has 31 heavy (non-hydrogen) atoms. The van der Waals surface area contributed by atoms with Gasteiger partial charge in [-0.25, -0.2) is 8.78 Å². The number of rotatable bonds is 6. The van der Waals surface area contributed by atoms with E-state index in [4.69, 9.17) is 9.47 Å². The van der Waals surface area contributed by atoms with Gasteiger partial charge in [0.25, 0.3) is 0 Å². The Labute approximate surface area is 186 Å². The topological polar surface area (TPSA) is 18.5 Å². The lowest BCUT2D eigenvalue weighted by atomic mass is 9.83. The van der Waals surface area contributed by atoms with E-state index < -0.39 is 0 Å². The average Bonchev–Trinajstić information content (AvgIpc) is 3.43. The summed E-state index contributed by atoms with van der Waals surface area (Å²) in [6.45, 7) is 3.39. The summed E-state index contributed by atoms with van der Waals surface area (Å²) in [5, 5.41) is 1.47. The molecular formula is C26H30F2O2S. The molecule has 2 saturated carbocycles. The van der Waals surface area contributed by atoms with Crippen LogP contribution < -0.4 is 9.47 Å². The van der Waals surface area contributed by atoms with Crippen LogP contribution in [0.2, 0.25) is 0 Å². The molecule has 0 N–H and O–H groups in total. The summed E-state index contributed by atoms with van der Waals surface area (Å²) in [6.07, 6.45) is 9.49. The molecule has 166 valence electrons. The van der Waals surface area contributed by atoms with Gasteiger partial charge in [-0.1, -0.05) is 32.6 Å². The predicted molar refractivity (Wildman–Crippen MR) is 123 cm³/mol. The van der Waals surface area contributed by atoms with E-state index in [1.165, 1.54) is 25.7 Å². The Kier molecular flexibility index (Phi) is 6.05. The minimum Gasteiger partial charge on any atom is -0.490 e. The van der Waals surface area contributed by atoms with Crippen molar-refractivity contribution in [2.75, 3.05) is 13.2 Å². The van der Waals surface area contributed by atoms with Crippen LogP contribution in [0.5, 0.6) is 11.5 Å². The summed E-state index contributed by atoms with van der Waals surface area (Å²) in [5.74, 6) is 1.58. The van der Waals surface area contributed by atoms with E-state index in [1.54, 1.807) is 12.1 Å². The van der Waals surface area contributed by atoms with Gasteiger partial charge in [-0.15, -0.1) is 11.3 Å². The molecule has 0 unspecified atom stereocenters. The standard InChI is InChI=1S/C26H30F2O2S/c1-16-6-8-18(9-7-16)15-30-22-13-11-20-19-10-12-21(29-14-17-4-2-3-5-17)23(27)25(19)31-26(20)24(22)28/h10-13,16-18H,2-9,14-15H2,1H3. The van der Waals surface area contributed by atoms with Crippen molar-refractivity contribution >= 4 is 31.5 Å². The minimum absolute atomic E-state index is 0.273. The Hall–Kier alpha value is -1.88. The molecule has 2 aliphatic rings. The molecular weight excluding hydrogens is 414 g/mol. The maximum absolute atomic E-state index is 15.2. The van der Waals surface area contributed by atoms with E-state index in [2.05, 4.69) is 6.92 Å². The fourth-order valence-electron chi connectivity index (χ4n) is 5.11. The van der Waals surface area contributed by atoms with Crippen molar-refractivity contribution in [2.24, 2.45) is 17.8 Å². The molecule has 0 aliphatic heterocycles. The summed E-state index contributed by atoms with van der Waals surface area (Å²) in [4.78, 5) is 0. The van der Waals surface area contributed by atoms with Crippen LogP contribution in [-0.4, -0.2) is 13.2 Å². The SMILES string of the molecule is CC1CCC(COc2ccc3c(sc4c(F)c(OCC5CCCC5)ccc43)c2F)CC1. The van der Waals surface area contributed by atoms with Crippen molar-refractivity contribution in [3.8, 4) is 11.5 Å². The first kappa shape index (κ1) is 21.0. The van der Waals surface area contributed by atoms with E-state index >= 15 is 8.78 Å². The molecule has 5 rings (SSSR count). The lowest BCUT2D eigenvalue weighted by molar-refractivity contribution is 0.183. The second kappa shape index (κ2) is 8.93. The second-order valence-electron chi connectivity index (χ2n) is 9.51. The Morgan fingerprint density at radius 3 is 1.74 bits per heavy atom. The first-order valence-electron chi connectivity index (χ1n) is 11.7. The number of fused-ring (bicyclic) bond motifs is 3. The van der Waals surface area contributed by atoms with Crippen molar-refractivity contribution < 1.29 is 18.3 Å². The molecule has 2 aromatic carbocycles. The Bertz CT molecular complexity index is 1060. The molecule has 2 aliphatic carbocycles. The minimum atomic E-state index is -0.380. The normalized spacial score (nSPS) is 22.4. The van der Waals surface area contributed by atoms with Gasteiger partial charge in [0.15, 0.2) is 23.1 Å². The van der Waals surface area contributed by atoms with E-state index in [1.807, 2.05) is 12.1 Å². The smallest absolute Gasteiger partial charge is 0.182 e. The molecule has 0 atom stereocenters. The van der Waals surface area contributed by atoms with E-state index in [0.29, 0.717) is 34.4 Å². The zero-order valence-corrected chi connectivity index (χ0v) is 18.9. The third-order valence-electron chi connectivity index (χ3n) is 7.18. The predicted octanol–water partition coefficient (Wildman–Crippen LogP) is 8.11. The van der Waals surface area contributed by atoms with Gasteiger partial charge in [-0.2, -0.15) is 0 Å². The van der Waals surface area contributed by atoms with Crippen molar-refractivity contribution in [3.05, 3.63) is 35.9 Å². The zero-order valence-electron chi connectivity index (χ0n) is 18.1. The molecule has 0 bridgehead atoms. The molecule has 0 spiro atoms. The molecule has 1 aromatic heterocycles. The third-order valence-corrected chi connectivity index (χ3v) is 8.38. The van der Waals surface area contributed by atoms with Gasteiger partial charge in [0.05, 0.1) is 22.6 Å². The molecule has 3 aromatic rings. The van der Waals surface area contributed by atoms with Crippen LogP contribution in [0.25, 0.3) is 20.2 Å². The molecule has 1 heterocycles. The van der Waals surface area contributed by atoms with Gasteiger partial charge in [0.2, 0.25) is 0 Å². The van der Waals surface area contributed by atoms with Gasteiger partial charge >= 0.3 is 0 Å². The van der Waals surface area contributed by atoms with Crippen LogP contribution in [0.3, 0.4) is 0 Å². The van der Waals surface area contributed by atoms with Crippen LogP contribution in [0.1, 0.15) is 58.3 Å². The Balaban J connectivity index is 1.37. The van der Waals surface area contributed by atoms with Crippen molar-refractivity contribution in [1.82, 2.24) is 0 Å². The first-order valence-corrected chi connectivity index (χ1v) is 12.5. The van der Waals surface area contributed by atoms with Gasteiger partial charge in [-0.05, 0) is 67.7 Å². The van der Waals surface area contributed by atoms with Gasteiger partial charge in [-0.3, -0.25) is 0 Å². The number of halogens is 2. The highest BCUT2D eigenvalue weighted by molar-refractivity contribution is 7.25. The van der Waals surface area contributed by atoms with Crippen molar-refractivity contribution in [2.45, 2.75) is 58.3 Å². The molecule has 5 heteroatoms. The number of hydrogen-bond acceptors (Lipinski definition) is 3. The highest BCUT2D eigenvalue weighted by Crippen LogP contribution is 2.42. The molecule has 0 saturated heterocycles. The molecule has 2 nitrogen and oxygen atoms in total. The van der Waals surface area contributed by atoms with Crippen molar-refractivity contribution in [3.63, 3.8) is 0 Å². The van der Waals surface area contributed by atoms with Crippen LogP contribution in [0.4, 0.5) is 8.78 Å². The second-order valence-corrected chi connectivity index (χ2v) is 10.5. The number of hydrogen-bond donors (Lipinski definition) is 0. The van der Waals surface area contributed by atoms with Crippen molar-refractivity contribution in [1.29, 1.82) is 0 Å². The summed E-state index contributed by atoms with van der Waals surface area (Å²) >= 11 is 1.15. The number of ether oxygens (including phenoxy) is 2. The largest absolute Gasteiger partial charge is 0.490 e. The fraction of sp³-hybridized carbons (Fsp3) is 0.538. The zero-order chi connectivity index (χ0) is 21.4. The fourth-order valence-corrected chi connectivity index (χ4v) is 6.27. The molecule has 2 fully saturated rings. The lowest BCUT2D eigenvalue weighted by Gasteiger charge is -2.26. The molecule has 0 amide bonds. The summed E-state index contributed by atoms with van der Waals surface area (Å²) < 4.78 is 43.0. The van der Waals surface area contributed by atoms with Gasteiger partial charge < -0.3 is 9.47 Å². The Morgan fingerprint density at radius 1 is 0.742 bits per heavy atom. The van der Waals surface area contributed by atoms with E-state index in [-0.39, 0.29) is 23.1 Å². The van der Waals surface area contributed by atoms with Crippen LogP contribution in [0, 0.1) is 29.4 Å². The Morgan fingerprint density at radius 2 is 1.23 bits per heavy atom. The highest BCUT2D eigenvalue weighted by Gasteiger charge is 2.22. The van der Waals surface area contributed by atoms with Crippen LogP contribution >= 0.6 is 11.3 Å². The summed E-state index contributed by atoms with van der Waals surface area (Å²) in [5.41, 5.74) is 0. The van der Waals surface area contributed by atoms with Gasteiger partial charge in [0.1, 0.15) is 0 Å². The monoisotopic (exact) mass is 444 g/mol. The maximum atomic E-state index is 15.2. The summed E-state index contributed by atoms with van der Waals surface area (Å²) in [7, 11) is 0. The summed E-state index contributed by atoms with van der Waals surface area (Å²) in [6, 6.07) is 7.08. The van der Waals surface area contributed by atoms with E-state index in [0.717, 1.165) is 53.7 Å². The maximum Gasteiger partial charge on any atom is 0.182 e. The average molecular weight is 445 g/mol. The van der Waals surface area contributed by atoms with Crippen LogP contribution in [-0.2, 0) is 0 Å². The van der Waals surface area contributed by atoms with E-state index in [9.17, 15) is 0 Å². The highest BCUT2D eigenvalue weighted by atomic mass is 32.1. The first-order chi connectivity index (χ1) is 15.1. The molecule has 0 radical (unpaired) electrons. The van der Waals surface area contributed by atoms with Crippen LogP contribution in [0.15, 0.2) is 24.3 Å².